The van der Waals surface area contributed by atoms with Crippen molar-refractivity contribution in [2.75, 3.05) is 30.4 Å². The molecule has 190 valence electrons. The molecule has 0 radical (unpaired) electrons. The summed E-state index contributed by atoms with van der Waals surface area (Å²) in [5, 5.41) is 3.40. The lowest BCUT2D eigenvalue weighted by Crippen LogP contribution is -2.52. The van der Waals surface area contributed by atoms with Gasteiger partial charge in [0, 0.05) is 19.2 Å². The molecule has 1 atom stereocenters. The highest BCUT2D eigenvalue weighted by Gasteiger charge is 2.32. The smallest absolute Gasteiger partial charge is 0.244 e. The summed E-state index contributed by atoms with van der Waals surface area (Å²) in [4.78, 5) is 27.8. The summed E-state index contributed by atoms with van der Waals surface area (Å²) in [7, 11) is -3.86. The van der Waals surface area contributed by atoms with Crippen molar-refractivity contribution in [1.82, 2.24) is 10.2 Å². The third-order valence-corrected chi connectivity index (χ3v) is 7.28. The fourth-order valence-electron chi connectivity index (χ4n) is 3.70. The van der Waals surface area contributed by atoms with Crippen LogP contribution < -0.4 is 19.1 Å². The van der Waals surface area contributed by atoms with E-state index in [4.69, 9.17) is 32.7 Å². The molecule has 0 spiro atoms. The summed E-state index contributed by atoms with van der Waals surface area (Å²) in [5.41, 5.74) is 0.884. The Labute approximate surface area is 214 Å². The number of sulfonamides is 1. The highest BCUT2D eigenvalue weighted by molar-refractivity contribution is 7.92. The topological polar surface area (TPSA) is 105 Å². The van der Waals surface area contributed by atoms with Crippen LogP contribution in [0.1, 0.15) is 25.8 Å². The minimum absolute atomic E-state index is 0.0265. The van der Waals surface area contributed by atoms with Crippen molar-refractivity contribution in [3.05, 3.63) is 52.0 Å². The summed E-state index contributed by atoms with van der Waals surface area (Å²) < 4.78 is 37.0. The zero-order valence-corrected chi connectivity index (χ0v) is 21.9. The van der Waals surface area contributed by atoms with E-state index >= 15 is 0 Å². The predicted molar refractivity (Wildman–Crippen MR) is 135 cm³/mol. The molecule has 0 aliphatic carbocycles. The van der Waals surface area contributed by atoms with Gasteiger partial charge < -0.3 is 19.7 Å². The Morgan fingerprint density at radius 1 is 1.06 bits per heavy atom. The van der Waals surface area contributed by atoms with Crippen LogP contribution in [0.15, 0.2) is 36.4 Å². The van der Waals surface area contributed by atoms with Crippen LogP contribution in [0.3, 0.4) is 0 Å². The van der Waals surface area contributed by atoms with Crippen LogP contribution in [0.25, 0.3) is 0 Å². The molecule has 2 aromatic carbocycles. The number of hydrogen-bond donors (Lipinski definition) is 1. The van der Waals surface area contributed by atoms with Crippen molar-refractivity contribution in [1.29, 1.82) is 0 Å². The number of amides is 2. The fourth-order valence-corrected chi connectivity index (χ4v) is 4.86. The van der Waals surface area contributed by atoms with Gasteiger partial charge in [0.25, 0.3) is 0 Å². The number of anilines is 1. The highest BCUT2D eigenvalue weighted by atomic mass is 35.5. The van der Waals surface area contributed by atoms with Crippen molar-refractivity contribution in [2.45, 2.75) is 32.9 Å². The maximum atomic E-state index is 13.6. The van der Waals surface area contributed by atoms with E-state index in [2.05, 4.69) is 5.32 Å². The Hall–Kier alpha value is -2.69. The molecule has 0 bridgehead atoms. The number of rotatable bonds is 10. The molecule has 0 aromatic heterocycles. The van der Waals surface area contributed by atoms with Gasteiger partial charge in [0.05, 0.1) is 22.0 Å². The van der Waals surface area contributed by atoms with Crippen molar-refractivity contribution < 1.29 is 27.5 Å². The molecule has 3 rings (SSSR count). The number of nitrogens with one attached hydrogen (secondary N) is 1. The van der Waals surface area contributed by atoms with Gasteiger partial charge in [-0.1, -0.05) is 36.2 Å². The Bertz CT molecular complexity index is 1210. The third-order valence-electron chi connectivity index (χ3n) is 5.40. The molecule has 1 heterocycles. The minimum atomic E-state index is -3.86. The molecule has 1 aliphatic rings. The normalized spacial score (nSPS) is 13.3. The summed E-state index contributed by atoms with van der Waals surface area (Å²) in [6.45, 7) is 3.48. The Balaban J connectivity index is 1.96. The Kier molecular flexibility index (Phi) is 8.74. The number of nitrogens with zero attached hydrogens (tertiary/aromatic N) is 2. The highest BCUT2D eigenvalue weighted by Crippen LogP contribution is 2.36. The van der Waals surface area contributed by atoms with E-state index in [0.29, 0.717) is 40.1 Å². The van der Waals surface area contributed by atoms with E-state index in [1.54, 1.807) is 38.1 Å². The van der Waals surface area contributed by atoms with Crippen LogP contribution in [0, 0.1) is 0 Å². The van der Waals surface area contributed by atoms with Gasteiger partial charge in [0.1, 0.15) is 12.6 Å². The first-order chi connectivity index (χ1) is 16.5. The molecule has 2 amide bonds. The average molecular weight is 544 g/mol. The lowest BCUT2D eigenvalue weighted by molar-refractivity contribution is -0.140. The number of fused-ring (bicyclic) bond motifs is 1. The number of benzene rings is 2. The second-order valence-electron chi connectivity index (χ2n) is 7.90. The molecule has 0 fully saturated rings. The molecule has 0 unspecified atom stereocenters. The first kappa shape index (κ1) is 26.9. The molecule has 35 heavy (non-hydrogen) atoms. The van der Waals surface area contributed by atoms with E-state index in [0.717, 1.165) is 10.6 Å². The summed E-state index contributed by atoms with van der Waals surface area (Å²) >= 11 is 12.2. The number of carbonyl (C=O) groups is 2. The van der Waals surface area contributed by atoms with Crippen LogP contribution in [-0.2, 0) is 26.2 Å². The van der Waals surface area contributed by atoms with Gasteiger partial charge in [-0.3, -0.25) is 13.9 Å². The maximum absolute atomic E-state index is 13.6. The van der Waals surface area contributed by atoms with Gasteiger partial charge >= 0.3 is 0 Å². The average Bonchev–Trinajstić information content (AvgIpc) is 3.27. The molecule has 1 aliphatic heterocycles. The maximum Gasteiger partial charge on any atom is 0.244 e. The third kappa shape index (κ3) is 6.50. The number of likely N-dealkylation sites (N-methyl/N-ethyl adjacent to an activating group) is 1. The molecule has 0 saturated carbocycles. The molecule has 1 N–H and O–H groups in total. The van der Waals surface area contributed by atoms with Crippen molar-refractivity contribution in [3.63, 3.8) is 0 Å². The monoisotopic (exact) mass is 543 g/mol. The first-order valence-electron chi connectivity index (χ1n) is 10.9. The second kappa shape index (κ2) is 11.4. The SMILES string of the molecule is CCNC(=O)[C@H](CC)N(Cc1ccc(Cl)c(Cl)c1)C(=O)CN(c1ccc2c(c1)OCO2)S(C)(=O)=O. The second-order valence-corrected chi connectivity index (χ2v) is 10.6. The van der Waals surface area contributed by atoms with E-state index < -0.39 is 28.5 Å². The van der Waals surface area contributed by atoms with Crippen molar-refractivity contribution in [2.24, 2.45) is 0 Å². The van der Waals surface area contributed by atoms with Gasteiger partial charge in [-0.05, 0) is 43.2 Å². The van der Waals surface area contributed by atoms with Gasteiger partial charge in [0.15, 0.2) is 11.5 Å². The zero-order valence-electron chi connectivity index (χ0n) is 19.6. The Morgan fingerprint density at radius 2 is 1.77 bits per heavy atom. The van der Waals surface area contributed by atoms with E-state index in [9.17, 15) is 18.0 Å². The predicted octanol–water partition coefficient (Wildman–Crippen LogP) is 3.43. The lowest BCUT2D eigenvalue weighted by Gasteiger charge is -2.32. The zero-order chi connectivity index (χ0) is 25.8. The largest absolute Gasteiger partial charge is 0.454 e. The standard InChI is InChI=1S/C23H27Cl2N3O6S/c1-4-19(23(30)26-5-2)27(12-15-6-8-17(24)18(25)10-15)22(29)13-28(35(3,31)32)16-7-9-20-21(11-16)34-14-33-20/h6-11,19H,4-5,12-14H2,1-3H3,(H,26,30)/t19-/m0/s1. The summed E-state index contributed by atoms with van der Waals surface area (Å²) in [6.07, 6.45) is 1.33. The number of halogens is 2. The van der Waals surface area contributed by atoms with Crippen molar-refractivity contribution in [3.8, 4) is 11.5 Å². The molecular weight excluding hydrogens is 517 g/mol. The molecule has 0 saturated heterocycles. The van der Waals surface area contributed by atoms with Gasteiger partial charge in [0.2, 0.25) is 28.6 Å². The lowest BCUT2D eigenvalue weighted by atomic mass is 10.1. The van der Waals surface area contributed by atoms with E-state index in [-0.39, 0.29) is 24.9 Å². The number of carbonyl (C=O) groups excluding carboxylic acids is 2. The first-order valence-corrected chi connectivity index (χ1v) is 13.5. The van der Waals surface area contributed by atoms with E-state index in [1.807, 2.05) is 0 Å². The van der Waals surface area contributed by atoms with Gasteiger partial charge in [-0.15, -0.1) is 0 Å². The molecular formula is C23H27Cl2N3O6S. The van der Waals surface area contributed by atoms with Crippen LogP contribution in [-0.4, -0.2) is 57.3 Å². The van der Waals surface area contributed by atoms with Gasteiger partial charge in [-0.25, -0.2) is 8.42 Å². The van der Waals surface area contributed by atoms with Crippen molar-refractivity contribution >= 4 is 50.7 Å². The quantitative estimate of drug-likeness (QED) is 0.492. The minimum Gasteiger partial charge on any atom is -0.454 e. The van der Waals surface area contributed by atoms with Crippen LogP contribution >= 0.6 is 23.2 Å². The molecule has 12 heteroatoms. The van der Waals surface area contributed by atoms with Gasteiger partial charge in [-0.2, -0.15) is 0 Å². The van der Waals surface area contributed by atoms with Crippen LogP contribution in [0.2, 0.25) is 10.0 Å². The molecule has 2 aromatic rings. The molecule has 9 nitrogen and oxygen atoms in total. The Morgan fingerprint density at radius 3 is 2.40 bits per heavy atom. The summed E-state index contributed by atoms with van der Waals surface area (Å²) in [6, 6.07) is 8.70. The summed E-state index contributed by atoms with van der Waals surface area (Å²) in [5.74, 6) is -0.0308. The number of hydrogen-bond acceptors (Lipinski definition) is 6. The number of ether oxygens (including phenoxy) is 2. The van der Waals surface area contributed by atoms with E-state index in [1.165, 1.54) is 17.0 Å². The van der Waals surface area contributed by atoms with Crippen LogP contribution in [0.4, 0.5) is 5.69 Å². The fraction of sp³-hybridized carbons (Fsp3) is 0.391. The van der Waals surface area contributed by atoms with Crippen LogP contribution in [0.5, 0.6) is 11.5 Å².